The highest BCUT2D eigenvalue weighted by molar-refractivity contribution is 7.91. The van der Waals surface area contributed by atoms with Crippen LogP contribution in [0.3, 0.4) is 0 Å². The van der Waals surface area contributed by atoms with E-state index in [0.29, 0.717) is 12.0 Å². The fourth-order valence-corrected chi connectivity index (χ4v) is 4.40. The standard InChI is InChI=1S/C15H24N2O2S/c1-16-15(10-12-6-8-17-9-7-12)13-4-3-5-14(11-13)20(2,18)19/h6-9,13-16H,3-5,10-11H2,1-2H3. The molecule has 1 aromatic heterocycles. The van der Waals surface area contributed by atoms with E-state index in [9.17, 15) is 8.42 Å². The molecule has 1 fully saturated rings. The highest BCUT2D eigenvalue weighted by Crippen LogP contribution is 2.31. The summed E-state index contributed by atoms with van der Waals surface area (Å²) in [6, 6.07) is 4.39. The number of aromatic nitrogens is 1. The highest BCUT2D eigenvalue weighted by atomic mass is 32.2. The molecule has 0 radical (unpaired) electrons. The number of hydrogen-bond acceptors (Lipinski definition) is 4. The number of nitrogens with one attached hydrogen (secondary N) is 1. The number of rotatable bonds is 5. The summed E-state index contributed by atoms with van der Waals surface area (Å²) in [4.78, 5) is 4.04. The van der Waals surface area contributed by atoms with Crippen LogP contribution in [0.15, 0.2) is 24.5 Å². The zero-order chi connectivity index (χ0) is 14.6. The Morgan fingerprint density at radius 3 is 2.65 bits per heavy atom. The molecule has 0 bridgehead atoms. The van der Waals surface area contributed by atoms with Crippen molar-refractivity contribution in [2.75, 3.05) is 13.3 Å². The van der Waals surface area contributed by atoms with Crippen molar-refractivity contribution in [3.63, 3.8) is 0 Å². The Labute approximate surface area is 121 Å². The molecular formula is C15H24N2O2S. The third-order valence-corrected chi connectivity index (χ3v) is 6.06. The van der Waals surface area contributed by atoms with Crippen LogP contribution in [0, 0.1) is 5.92 Å². The maximum absolute atomic E-state index is 11.8. The van der Waals surface area contributed by atoms with Crippen molar-refractivity contribution in [1.29, 1.82) is 0 Å². The minimum atomic E-state index is -2.91. The van der Waals surface area contributed by atoms with E-state index in [0.717, 1.165) is 32.1 Å². The van der Waals surface area contributed by atoms with Crippen molar-refractivity contribution < 1.29 is 8.42 Å². The fraction of sp³-hybridized carbons (Fsp3) is 0.667. The number of sulfone groups is 1. The van der Waals surface area contributed by atoms with Crippen molar-refractivity contribution >= 4 is 9.84 Å². The lowest BCUT2D eigenvalue weighted by atomic mass is 9.81. The molecule has 5 heteroatoms. The molecule has 0 spiro atoms. The van der Waals surface area contributed by atoms with E-state index in [-0.39, 0.29) is 5.25 Å². The summed E-state index contributed by atoms with van der Waals surface area (Å²) in [5, 5.41) is 3.22. The second kappa shape index (κ2) is 6.68. The van der Waals surface area contributed by atoms with E-state index in [4.69, 9.17) is 0 Å². The van der Waals surface area contributed by atoms with Crippen LogP contribution >= 0.6 is 0 Å². The third-order valence-electron chi connectivity index (χ3n) is 4.42. The van der Waals surface area contributed by atoms with E-state index in [2.05, 4.69) is 10.3 Å². The minimum absolute atomic E-state index is 0.158. The highest BCUT2D eigenvalue weighted by Gasteiger charge is 2.32. The average molecular weight is 296 g/mol. The first-order chi connectivity index (χ1) is 9.50. The van der Waals surface area contributed by atoms with E-state index >= 15 is 0 Å². The SMILES string of the molecule is CNC(Cc1ccncc1)C1CCCC(S(C)(=O)=O)C1. The van der Waals surface area contributed by atoms with Crippen LogP contribution in [-0.4, -0.2) is 38.0 Å². The van der Waals surface area contributed by atoms with E-state index in [1.807, 2.05) is 31.6 Å². The maximum atomic E-state index is 11.8. The second-order valence-corrected chi connectivity index (χ2v) is 8.16. The molecular weight excluding hydrogens is 272 g/mol. The van der Waals surface area contributed by atoms with Crippen LogP contribution in [0.1, 0.15) is 31.2 Å². The van der Waals surface area contributed by atoms with Crippen molar-refractivity contribution in [3.8, 4) is 0 Å². The second-order valence-electron chi connectivity index (χ2n) is 5.83. The first-order valence-electron chi connectivity index (χ1n) is 7.25. The Kier molecular flexibility index (Phi) is 5.16. The van der Waals surface area contributed by atoms with Gasteiger partial charge in [-0.15, -0.1) is 0 Å². The van der Waals surface area contributed by atoms with Crippen molar-refractivity contribution in [1.82, 2.24) is 10.3 Å². The molecule has 1 aliphatic rings. The van der Waals surface area contributed by atoms with Crippen LogP contribution in [-0.2, 0) is 16.3 Å². The largest absolute Gasteiger partial charge is 0.316 e. The third kappa shape index (κ3) is 4.03. The van der Waals surface area contributed by atoms with Crippen LogP contribution < -0.4 is 5.32 Å². The van der Waals surface area contributed by atoms with Gasteiger partial charge in [0.1, 0.15) is 9.84 Å². The first-order valence-corrected chi connectivity index (χ1v) is 9.21. The van der Waals surface area contributed by atoms with Gasteiger partial charge in [-0.05, 0) is 56.3 Å². The van der Waals surface area contributed by atoms with Gasteiger partial charge >= 0.3 is 0 Å². The molecule has 1 saturated carbocycles. The maximum Gasteiger partial charge on any atom is 0.150 e. The van der Waals surface area contributed by atoms with Crippen molar-refractivity contribution in [3.05, 3.63) is 30.1 Å². The van der Waals surface area contributed by atoms with Gasteiger partial charge in [-0.25, -0.2) is 8.42 Å². The molecule has 4 nitrogen and oxygen atoms in total. The van der Waals surface area contributed by atoms with Crippen LogP contribution in [0.4, 0.5) is 0 Å². The molecule has 20 heavy (non-hydrogen) atoms. The Morgan fingerprint density at radius 1 is 1.35 bits per heavy atom. The number of hydrogen-bond donors (Lipinski definition) is 1. The Morgan fingerprint density at radius 2 is 2.05 bits per heavy atom. The Bertz CT molecular complexity index is 516. The minimum Gasteiger partial charge on any atom is -0.316 e. The molecule has 3 atom stereocenters. The predicted molar refractivity (Wildman–Crippen MR) is 81.4 cm³/mol. The van der Waals surface area contributed by atoms with Crippen LogP contribution in [0.25, 0.3) is 0 Å². The van der Waals surface area contributed by atoms with Crippen molar-refractivity contribution in [2.24, 2.45) is 5.92 Å². The summed E-state index contributed by atoms with van der Waals surface area (Å²) >= 11 is 0. The summed E-state index contributed by atoms with van der Waals surface area (Å²) in [5.74, 6) is 0.432. The van der Waals surface area contributed by atoms with Gasteiger partial charge in [0.25, 0.3) is 0 Å². The topological polar surface area (TPSA) is 59.1 Å². The quantitative estimate of drug-likeness (QED) is 0.900. The summed E-state index contributed by atoms with van der Waals surface area (Å²) < 4.78 is 23.5. The van der Waals surface area contributed by atoms with Gasteiger partial charge in [0.15, 0.2) is 0 Å². The average Bonchev–Trinajstić information content (AvgIpc) is 2.45. The van der Waals surface area contributed by atoms with Gasteiger partial charge in [-0.3, -0.25) is 4.98 Å². The van der Waals surface area contributed by atoms with Gasteiger partial charge in [0.2, 0.25) is 0 Å². The molecule has 0 amide bonds. The molecule has 2 rings (SSSR count). The summed E-state index contributed by atoms with van der Waals surface area (Å²) in [6.07, 6.45) is 9.65. The molecule has 0 aliphatic heterocycles. The smallest absolute Gasteiger partial charge is 0.150 e. The van der Waals surface area contributed by atoms with Gasteiger partial charge in [-0.2, -0.15) is 0 Å². The molecule has 1 aromatic rings. The normalized spacial score (nSPS) is 25.3. The Hall–Kier alpha value is -0.940. The number of nitrogens with zero attached hydrogens (tertiary/aromatic N) is 1. The Balaban J connectivity index is 2.04. The van der Waals surface area contributed by atoms with Crippen LogP contribution in [0.2, 0.25) is 0 Å². The molecule has 1 N–H and O–H groups in total. The van der Waals surface area contributed by atoms with E-state index in [1.54, 1.807) is 0 Å². The lowest BCUT2D eigenvalue weighted by molar-refractivity contribution is 0.278. The molecule has 1 aliphatic carbocycles. The molecule has 1 heterocycles. The van der Waals surface area contributed by atoms with Gasteiger partial charge in [0.05, 0.1) is 5.25 Å². The summed E-state index contributed by atoms with van der Waals surface area (Å²) in [5.41, 5.74) is 1.25. The van der Waals surface area contributed by atoms with E-state index < -0.39 is 9.84 Å². The first kappa shape index (κ1) is 15.4. The number of likely N-dealkylation sites (N-methyl/N-ethyl adjacent to an activating group) is 1. The molecule has 0 aromatic carbocycles. The van der Waals surface area contributed by atoms with Gasteiger partial charge < -0.3 is 5.32 Å². The lowest BCUT2D eigenvalue weighted by Gasteiger charge is -2.34. The van der Waals surface area contributed by atoms with Crippen molar-refractivity contribution in [2.45, 2.75) is 43.4 Å². The molecule has 3 unspecified atom stereocenters. The molecule has 0 saturated heterocycles. The van der Waals surface area contributed by atoms with E-state index in [1.165, 1.54) is 11.8 Å². The van der Waals surface area contributed by atoms with Gasteiger partial charge in [-0.1, -0.05) is 6.42 Å². The zero-order valence-electron chi connectivity index (χ0n) is 12.2. The zero-order valence-corrected chi connectivity index (χ0v) is 13.1. The summed E-state index contributed by atoms with van der Waals surface area (Å²) in [7, 11) is -0.943. The van der Waals surface area contributed by atoms with Crippen LogP contribution in [0.5, 0.6) is 0 Å². The van der Waals surface area contributed by atoms with Gasteiger partial charge in [0, 0.05) is 24.7 Å². The lowest BCUT2D eigenvalue weighted by Crippen LogP contribution is -2.40. The summed E-state index contributed by atoms with van der Waals surface area (Å²) in [6.45, 7) is 0. The fourth-order valence-electron chi connectivity index (χ4n) is 3.21. The number of pyridine rings is 1. The predicted octanol–water partition coefficient (Wildman–Crippen LogP) is 1.82. The monoisotopic (exact) mass is 296 g/mol. The molecule has 112 valence electrons.